The third-order valence-electron chi connectivity index (χ3n) is 3.45. The molecule has 1 aromatic rings. The van der Waals surface area contributed by atoms with E-state index in [9.17, 15) is 0 Å². The monoisotopic (exact) mass is 340 g/mol. The number of aliphatic imine (C=N–C) groups is 1. The van der Waals surface area contributed by atoms with E-state index in [4.69, 9.17) is 10.6 Å². The van der Waals surface area contributed by atoms with Crippen molar-refractivity contribution in [3.63, 3.8) is 0 Å². The van der Waals surface area contributed by atoms with Gasteiger partial charge in [0.2, 0.25) is 5.96 Å². The number of nitrogens with zero attached hydrogens (tertiary/aromatic N) is 1. The maximum atomic E-state index is 5.57. The first-order valence-corrected chi connectivity index (χ1v) is 7.67. The van der Waals surface area contributed by atoms with Crippen molar-refractivity contribution in [2.24, 2.45) is 10.8 Å². The van der Waals surface area contributed by atoms with Crippen molar-refractivity contribution in [3.05, 3.63) is 22.7 Å². The Labute approximate surface area is 128 Å². The Morgan fingerprint density at radius 2 is 2.10 bits per heavy atom. The predicted octanol–water partition coefficient (Wildman–Crippen LogP) is 3.02. The molecule has 0 saturated heterocycles. The summed E-state index contributed by atoms with van der Waals surface area (Å²) < 4.78 is 6.16. The second-order valence-corrected chi connectivity index (χ2v) is 5.74. The molecular weight excluding hydrogens is 320 g/mol. The number of hydrogen-bond donors (Lipinski definition) is 3. The van der Waals surface area contributed by atoms with Crippen LogP contribution in [0.1, 0.15) is 32.1 Å². The number of anilines is 1. The van der Waals surface area contributed by atoms with E-state index in [1.807, 2.05) is 18.2 Å². The maximum Gasteiger partial charge on any atom is 0.210 e. The minimum absolute atomic E-state index is 0.353. The number of nitrogens with two attached hydrogens (primary N) is 1. The molecule has 0 amide bonds. The summed E-state index contributed by atoms with van der Waals surface area (Å²) in [5, 5.41) is 3.21. The van der Waals surface area contributed by atoms with Crippen LogP contribution in [0.2, 0.25) is 0 Å². The van der Waals surface area contributed by atoms with Crippen molar-refractivity contribution in [1.29, 1.82) is 0 Å². The van der Waals surface area contributed by atoms with Crippen LogP contribution >= 0.6 is 15.9 Å². The summed E-state index contributed by atoms with van der Waals surface area (Å²) in [5.41, 5.74) is 3.51. The Balaban J connectivity index is 2.10. The Bertz CT molecular complexity index is 472. The second kappa shape index (κ2) is 7.50. The number of hydrazine groups is 1. The summed E-state index contributed by atoms with van der Waals surface area (Å²) in [6.07, 6.45) is 6.06. The fourth-order valence-electron chi connectivity index (χ4n) is 2.35. The number of methoxy groups -OCH3 is 1. The average molecular weight is 341 g/mol. The third-order valence-corrected chi connectivity index (χ3v) is 4.14. The lowest BCUT2D eigenvalue weighted by atomic mass is 9.96. The molecule has 4 N–H and O–H groups in total. The molecule has 1 fully saturated rings. The van der Waals surface area contributed by atoms with Crippen molar-refractivity contribution in [2.45, 2.75) is 38.1 Å². The SMILES string of the molecule is COc1ccc(Br)c(NC(=NC2CCCCC2)NN)c1. The highest BCUT2D eigenvalue weighted by Crippen LogP contribution is 2.27. The molecule has 1 aliphatic carbocycles. The highest BCUT2D eigenvalue weighted by atomic mass is 79.9. The summed E-state index contributed by atoms with van der Waals surface area (Å²) in [6.45, 7) is 0. The van der Waals surface area contributed by atoms with E-state index in [0.29, 0.717) is 12.0 Å². The maximum absolute atomic E-state index is 5.57. The van der Waals surface area contributed by atoms with Crippen LogP contribution < -0.4 is 21.3 Å². The quantitative estimate of drug-likeness (QED) is 0.342. The van der Waals surface area contributed by atoms with Crippen molar-refractivity contribution in [1.82, 2.24) is 5.43 Å². The van der Waals surface area contributed by atoms with Crippen molar-refractivity contribution >= 4 is 27.6 Å². The summed E-state index contributed by atoms with van der Waals surface area (Å²) in [6, 6.07) is 6.07. The van der Waals surface area contributed by atoms with E-state index in [0.717, 1.165) is 28.8 Å². The molecule has 0 heterocycles. The summed E-state index contributed by atoms with van der Waals surface area (Å²) >= 11 is 3.50. The van der Waals surface area contributed by atoms with Gasteiger partial charge in [-0.1, -0.05) is 19.3 Å². The Kier molecular flexibility index (Phi) is 5.67. The molecule has 5 nitrogen and oxygen atoms in total. The van der Waals surface area contributed by atoms with Gasteiger partial charge in [-0.3, -0.25) is 5.43 Å². The van der Waals surface area contributed by atoms with Crippen molar-refractivity contribution in [3.8, 4) is 5.75 Å². The summed E-state index contributed by atoms with van der Waals surface area (Å²) in [4.78, 5) is 4.65. The van der Waals surface area contributed by atoms with E-state index < -0.39 is 0 Å². The molecule has 0 aromatic heterocycles. The Morgan fingerprint density at radius 3 is 2.75 bits per heavy atom. The van der Waals surface area contributed by atoms with E-state index in [1.165, 1.54) is 19.3 Å². The second-order valence-electron chi connectivity index (χ2n) is 4.88. The molecule has 0 spiro atoms. The normalized spacial score (nSPS) is 16.9. The van der Waals surface area contributed by atoms with Gasteiger partial charge < -0.3 is 10.1 Å². The minimum Gasteiger partial charge on any atom is -0.497 e. The van der Waals surface area contributed by atoms with Gasteiger partial charge in [0, 0.05) is 10.5 Å². The van der Waals surface area contributed by atoms with Crippen LogP contribution in [0.3, 0.4) is 0 Å². The van der Waals surface area contributed by atoms with Gasteiger partial charge in [-0.2, -0.15) is 0 Å². The molecule has 0 radical (unpaired) electrons. The van der Waals surface area contributed by atoms with Gasteiger partial charge in [-0.15, -0.1) is 0 Å². The number of guanidine groups is 1. The number of hydrogen-bond acceptors (Lipinski definition) is 3. The van der Waals surface area contributed by atoms with Gasteiger partial charge in [0.15, 0.2) is 0 Å². The van der Waals surface area contributed by atoms with Gasteiger partial charge in [0.05, 0.1) is 18.8 Å². The standard InChI is InChI=1S/C14H21BrN4O/c1-20-11-7-8-12(15)13(9-11)18-14(19-16)17-10-5-3-2-4-6-10/h7-10H,2-6,16H2,1H3,(H2,17,18,19). The first kappa shape index (κ1) is 15.1. The first-order valence-electron chi connectivity index (χ1n) is 6.88. The van der Waals surface area contributed by atoms with Crippen LogP contribution in [-0.4, -0.2) is 19.1 Å². The van der Waals surface area contributed by atoms with Crippen LogP contribution in [0.4, 0.5) is 5.69 Å². The Hall–Kier alpha value is -1.27. The van der Waals surface area contributed by atoms with Crippen LogP contribution in [0, 0.1) is 0 Å². The predicted molar refractivity (Wildman–Crippen MR) is 85.9 cm³/mol. The first-order chi connectivity index (χ1) is 9.72. The fourth-order valence-corrected chi connectivity index (χ4v) is 2.70. The number of ether oxygens (including phenoxy) is 1. The molecule has 0 bridgehead atoms. The van der Waals surface area contributed by atoms with E-state index in [-0.39, 0.29) is 0 Å². The van der Waals surface area contributed by atoms with E-state index in [1.54, 1.807) is 7.11 Å². The summed E-state index contributed by atoms with van der Waals surface area (Å²) in [7, 11) is 1.64. The molecule has 110 valence electrons. The molecule has 1 saturated carbocycles. The zero-order valence-electron chi connectivity index (χ0n) is 11.7. The molecule has 0 aliphatic heterocycles. The van der Waals surface area contributed by atoms with Gasteiger partial charge in [-0.25, -0.2) is 10.8 Å². The van der Waals surface area contributed by atoms with Crippen molar-refractivity contribution in [2.75, 3.05) is 12.4 Å². The lowest BCUT2D eigenvalue weighted by Gasteiger charge is -2.20. The van der Waals surface area contributed by atoms with E-state index >= 15 is 0 Å². The Morgan fingerprint density at radius 1 is 1.35 bits per heavy atom. The van der Waals surface area contributed by atoms with Crippen LogP contribution in [0.15, 0.2) is 27.7 Å². The molecule has 1 aromatic carbocycles. The van der Waals surface area contributed by atoms with Gasteiger partial charge in [0.25, 0.3) is 0 Å². The molecule has 1 aliphatic rings. The molecule has 0 atom stereocenters. The number of rotatable bonds is 3. The lowest BCUT2D eigenvalue weighted by molar-refractivity contribution is 0.415. The highest BCUT2D eigenvalue weighted by molar-refractivity contribution is 9.10. The summed E-state index contributed by atoms with van der Waals surface area (Å²) in [5.74, 6) is 6.94. The van der Waals surface area contributed by atoms with Gasteiger partial charge in [-0.05, 0) is 40.9 Å². The highest BCUT2D eigenvalue weighted by Gasteiger charge is 2.13. The third kappa shape index (κ3) is 4.11. The van der Waals surface area contributed by atoms with Gasteiger partial charge >= 0.3 is 0 Å². The minimum atomic E-state index is 0.353. The zero-order valence-corrected chi connectivity index (χ0v) is 13.2. The molecule has 2 rings (SSSR count). The van der Waals surface area contributed by atoms with Crippen molar-refractivity contribution < 1.29 is 4.74 Å². The topological polar surface area (TPSA) is 71.7 Å². The van der Waals surface area contributed by atoms with E-state index in [2.05, 4.69) is 31.7 Å². The van der Waals surface area contributed by atoms with Crippen LogP contribution in [-0.2, 0) is 0 Å². The number of benzene rings is 1. The average Bonchev–Trinajstić information content (AvgIpc) is 2.49. The van der Waals surface area contributed by atoms with Crippen LogP contribution in [0.25, 0.3) is 0 Å². The largest absolute Gasteiger partial charge is 0.497 e. The number of halogens is 1. The zero-order chi connectivity index (χ0) is 14.4. The molecule has 20 heavy (non-hydrogen) atoms. The smallest absolute Gasteiger partial charge is 0.210 e. The molecule has 6 heteroatoms. The number of nitrogens with one attached hydrogen (secondary N) is 2. The van der Waals surface area contributed by atoms with Gasteiger partial charge in [0.1, 0.15) is 5.75 Å². The lowest BCUT2D eigenvalue weighted by Crippen LogP contribution is -2.37. The molecular formula is C14H21BrN4O. The molecule has 0 unspecified atom stereocenters. The fraction of sp³-hybridized carbons (Fsp3) is 0.500. The van der Waals surface area contributed by atoms with Crippen LogP contribution in [0.5, 0.6) is 5.75 Å².